The number of amides is 1. The molecule has 122 valence electrons. The number of nitrogens with two attached hydrogens (primary N) is 1. The summed E-state index contributed by atoms with van der Waals surface area (Å²) in [5.74, 6) is -1.01. The summed E-state index contributed by atoms with van der Waals surface area (Å²) in [6, 6.07) is 8.92. The maximum absolute atomic E-state index is 13.6. The number of hydrogen-bond donors (Lipinski definition) is 2. The van der Waals surface area contributed by atoms with Crippen LogP contribution in [0.1, 0.15) is 21.6 Å². The van der Waals surface area contributed by atoms with Crippen LogP contribution in [0.4, 0.5) is 15.9 Å². The number of aryl methyl sites for hydroxylation is 1. The number of hydrogen-bond acceptors (Lipinski definition) is 4. The topological polar surface area (TPSA) is 71.2 Å². The lowest BCUT2D eigenvalue weighted by molar-refractivity contribution is 0.100. The highest BCUT2D eigenvalue weighted by Gasteiger charge is 2.14. The Bertz CT molecular complexity index is 698. The molecule has 6 heteroatoms. The van der Waals surface area contributed by atoms with E-state index < -0.39 is 11.7 Å². The molecule has 0 aliphatic rings. The first-order chi connectivity index (χ1) is 10.9. The van der Waals surface area contributed by atoms with Gasteiger partial charge in [0.1, 0.15) is 11.6 Å². The van der Waals surface area contributed by atoms with Crippen molar-refractivity contribution in [3.63, 3.8) is 0 Å². The van der Waals surface area contributed by atoms with Crippen molar-refractivity contribution in [1.29, 1.82) is 0 Å². The van der Waals surface area contributed by atoms with E-state index in [9.17, 15) is 9.18 Å². The average Bonchev–Trinajstić information content (AvgIpc) is 2.49. The molecule has 2 aromatic rings. The van der Waals surface area contributed by atoms with E-state index >= 15 is 0 Å². The number of nitrogens with zero attached hydrogens (tertiary/aromatic N) is 2. The first-order valence-electron chi connectivity index (χ1n) is 7.34. The number of primary amides is 1. The summed E-state index contributed by atoms with van der Waals surface area (Å²) in [4.78, 5) is 17.6. The molecule has 1 aromatic heterocycles. The maximum Gasteiger partial charge on any atom is 0.252 e. The number of halogens is 1. The van der Waals surface area contributed by atoms with Crippen LogP contribution in [-0.2, 0) is 6.42 Å². The molecular weight excluding hydrogens is 295 g/mol. The average molecular weight is 316 g/mol. The van der Waals surface area contributed by atoms with E-state index in [0.29, 0.717) is 0 Å². The molecule has 1 aromatic carbocycles. The van der Waals surface area contributed by atoms with Crippen molar-refractivity contribution < 1.29 is 9.18 Å². The van der Waals surface area contributed by atoms with E-state index in [1.54, 1.807) is 0 Å². The van der Waals surface area contributed by atoms with Crippen LogP contribution in [0.3, 0.4) is 0 Å². The third-order valence-electron chi connectivity index (χ3n) is 3.48. The van der Waals surface area contributed by atoms with Crippen molar-refractivity contribution in [2.75, 3.05) is 26.0 Å². The van der Waals surface area contributed by atoms with Crippen LogP contribution >= 0.6 is 0 Å². The SMILES string of the molecule is Cc1nc(Nc2ccc(CCN(C)C)cc2)c(C(N)=O)cc1F. The highest BCUT2D eigenvalue weighted by molar-refractivity contribution is 5.98. The number of carbonyl (C=O) groups excluding carboxylic acids is 1. The van der Waals surface area contributed by atoms with Crippen LogP contribution in [-0.4, -0.2) is 36.4 Å². The third-order valence-corrected chi connectivity index (χ3v) is 3.48. The van der Waals surface area contributed by atoms with Gasteiger partial charge in [-0.05, 0) is 51.2 Å². The fourth-order valence-electron chi connectivity index (χ4n) is 2.11. The molecule has 0 radical (unpaired) electrons. The molecule has 0 fully saturated rings. The second kappa shape index (κ2) is 7.19. The van der Waals surface area contributed by atoms with Crippen molar-refractivity contribution in [3.05, 3.63) is 53.0 Å². The minimum Gasteiger partial charge on any atom is -0.365 e. The molecule has 0 aliphatic carbocycles. The van der Waals surface area contributed by atoms with E-state index in [1.807, 2.05) is 38.4 Å². The minimum absolute atomic E-state index is 0.0322. The van der Waals surface area contributed by atoms with Crippen LogP contribution in [0.5, 0.6) is 0 Å². The van der Waals surface area contributed by atoms with Gasteiger partial charge in [-0.2, -0.15) is 0 Å². The zero-order chi connectivity index (χ0) is 17.0. The second-order valence-electron chi connectivity index (χ2n) is 5.69. The van der Waals surface area contributed by atoms with Crippen LogP contribution in [0.25, 0.3) is 0 Å². The van der Waals surface area contributed by atoms with E-state index in [2.05, 4.69) is 15.2 Å². The Kier molecular flexibility index (Phi) is 5.28. The summed E-state index contributed by atoms with van der Waals surface area (Å²) in [7, 11) is 4.06. The van der Waals surface area contributed by atoms with Gasteiger partial charge in [0.15, 0.2) is 0 Å². The van der Waals surface area contributed by atoms with Gasteiger partial charge in [-0.1, -0.05) is 12.1 Å². The first kappa shape index (κ1) is 16.9. The standard InChI is InChI=1S/C17H21FN4O/c1-11-15(18)10-14(16(19)23)17(20-11)21-13-6-4-12(5-7-13)8-9-22(2)3/h4-7,10H,8-9H2,1-3H3,(H2,19,23)(H,20,21). The molecule has 0 saturated carbocycles. The van der Waals surface area contributed by atoms with Gasteiger partial charge in [-0.15, -0.1) is 0 Å². The van der Waals surface area contributed by atoms with Crippen molar-refractivity contribution in [2.24, 2.45) is 5.73 Å². The molecule has 0 unspecified atom stereocenters. The van der Waals surface area contributed by atoms with E-state index in [4.69, 9.17) is 5.73 Å². The second-order valence-corrected chi connectivity index (χ2v) is 5.69. The zero-order valence-corrected chi connectivity index (χ0v) is 13.6. The van der Waals surface area contributed by atoms with Gasteiger partial charge in [0, 0.05) is 12.2 Å². The zero-order valence-electron chi connectivity index (χ0n) is 13.6. The van der Waals surface area contributed by atoms with Gasteiger partial charge >= 0.3 is 0 Å². The molecule has 5 nitrogen and oxygen atoms in total. The molecule has 23 heavy (non-hydrogen) atoms. The number of anilines is 2. The Labute approximate surface area is 135 Å². The number of benzene rings is 1. The lowest BCUT2D eigenvalue weighted by Crippen LogP contribution is -2.16. The number of carbonyl (C=O) groups is 1. The third kappa shape index (κ3) is 4.50. The number of nitrogens with one attached hydrogen (secondary N) is 1. The van der Waals surface area contributed by atoms with E-state index in [-0.39, 0.29) is 17.1 Å². The molecule has 3 N–H and O–H groups in total. The number of aromatic nitrogens is 1. The van der Waals surface area contributed by atoms with Crippen molar-refractivity contribution in [2.45, 2.75) is 13.3 Å². The van der Waals surface area contributed by atoms with Gasteiger partial charge in [0.2, 0.25) is 0 Å². The Morgan fingerprint density at radius 2 is 1.96 bits per heavy atom. The van der Waals surface area contributed by atoms with Gasteiger partial charge in [-0.25, -0.2) is 9.37 Å². The molecule has 1 heterocycles. The summed E-state index contributed by atoms with van der Waals surface area (Å²) in [6.45, 7) is 2.51. The largest absolute Gasteiger partial charge is 0.365 e. The Morgan fingerprint density at radius 3 is 2.52 bits per heavy atom. The maximum atomic E-state index is 13.6. The van der Waals surface area contributed by atoms with Gasteiger partial charge in [0.05, 0.1) is 11.3 Å². The molecule has 0 bridgehead atoms. The van der Waals surface area contributed by atoms with Crippen LogP contribution in [0, 0.1) is 12.7 Å². The summed E-state index contributed by atoms with van der Waals surface area (Å²) < 4.78 is 13.6. The molecule has 0 spiro atoms. The Morgan fingerprint density at radius 1 is 1.30 bits per heavy atom. The quantitative estimate of drug-likeness (QED) is 0.859. The van der Waals surface area contributed by atoms with Crippen molar-refractivity contribution in [1.82, 2.24) is 9.88 Å². The molecule has 0 saturated heterocycles. The van der Waals surface area contributed by atoms with Crippen molar-refractivity contribution in [3.8, 4) is 0 Å². The van der Waals surface area contributed by atoms with Crippen LogP contribution in [0.15, 0.2) is 30.3 Å². The monoisotopic (exact) mass is 316 g/mol. The predicted molar refractivity (Wildman–Crippen MR) is 89.4 cm³/mol. The molecule has 0 aliphatic heterocycles. The normalized spacial score (nSPS) is 10.8. The fraction of sp³-hybridized carbons (Fsp3) is 0.294. The molecular formula is C17H21FN4O. The first-order valence-corrected chi connectivity index (χ1v) is 7.34. The highest BCUT2D eigenvalue weighted by atomic mass is 19.1. The van der Waals surface area contributed by atoms with Crippen LogP contribution in [0.2, 0.25) is 0 Å². The van der Waals surface area contributed by atoms with E-state index in [1.165, 1.54) is 12.5 Å². The molecule has 2 rings (SSSR count). The Hall–Kier alpha value is -2.47. The van der Waals surface area contributed by atoms with Gasteiger partial charge in [-0.3, -0.25) is 4.79 Å². The molecule has 0 atom stereocenters. The lowest BCUT2D eigenvalue weighted by Gasteiger charge is -2.12. The summed E-state index contributed by atoms with van der Waals surface area (Å²) in [6.07, 6.45) is 0.952. The summed E-state index contributed by atoms with van der Waals surface area (Å²) in [5, 5.41) is 3.02. The Balaban J connectivity index is 2.19. The van der Waals surface area contributed by atoms with Crippen molar-refractivity contribution >= 4 is 17.4 Å². The number of likely N-dealkylation sites (N-methyl/N-ethyl adjacent to an activating group) is 1. The fourth-order valence-corrected chi connectivity index (χ4v) is 2.11. The molecule has 1 amide bonds. The van der Waals surface area contributed by atoms with Gasteiger partial charge in [0.25, 0.3) is 5.91 Å². The highest BCUT2D eigenvalue weighted by Crippen LogP contribution is 2.21. The lowest BCUT2D eigenvalue weighted by atomic mass is 10.1. The van der Waals surface area contributed by atoms with Gasteiger partial charge < -0.3 is 16.0 Å². The smallest absolute Gasteiger partial charge is 0.252 e. The number of pyridine rings is 1. The van der Waals surface area contributed by atoms with E-state index in [0.717, 1.165) is 24.7 Å². The number of rotatable bonds is 6. The summed E-state index contributed by atoms with van der Waals surface area (Å²) >= 11 is 0. The minimum atomic E-state index is -0.721. The summed E-state index contributed by atoms with van der Waals surface area (Å²) in [5.41, 5.74) is 7.50. The predicted octanol–water partition coefficient (Wildman–Crippen LogP) is 2.48. The van der Waals surface area contributed by atoms with Crippen LogP contribution < -0.4 is 11.1 Å².